The Hall–Kier alpha value is -3.15. The highest BCUT2D eigenvalue weighted by molar-refractivity contribution is 5.98. The first-order valence-corrected chi connectivity index (χ1v) is 9.06. The van der Waals surface area contributed by atoms with Crippen molar-refractivity contribution in [1.82, 2.24) is 0 Å². The molecule has 0 spiro atoms. The average Bonchev–Trinajstić information content (AvgIpc) is 2.64. The molecule has 0 radical (unpaired) electrons. The van der Waals surface area contributed by atoms with E-state index in [0.717, 1.165) is 11.1 Å². The van der Waals surface area contributed by atoms with Crippen LogP contribution in [0.4, 0.5) is 5.69 Å². The third kappa shape index (κ3) is 6.23. The van der Waals surface area contributed by atoms with Crippen LogP contribution in [-0.2, 0) is 14.3 Å². The molecule has 0 fully saturated rings. The number of ketones is 1. The molecule has 0 aliphatic carbocycles. The van der Waals surface area contributed by atoms with Crippen molar-refractivity contribution in [3.05, 3.63) is 59.2 Å². The zero-order valence-corrected chi connectivity index (χ0v) is 16.6. The molecule has 148 valence electrons. The van der Waals surface area contributed by atoms with Crippen LogP contribution in [-0.4, -0.2) is 30.9 Å². The summed E-state index contributed by atoms with van der Waals surface area (Å²) in [4.78, 5) is 35.1. The van der Waals surface area contributed by atoms with Gasteiger partial charge >= 0.3 is 5.97 Å². The Bertz CT molecular complexity index is 856. The molecule has 1 amide bonds. The van der Waals surface area contributed by atoms with Gasteiger partial charge in [0.1, 0.15) is 5.75 Å². The van der Waals surface area contributed by atoms with Gasteiger partial charge in [0.15, 0.2) is 19.0 Å². The Morgan fingerprint density at radius 1 is 1.00 bits per heavy atom. The monoisotopic (exact) mass is 383 g/mol. The number of amides is 1. The number of benzene rings is 2. The van der Waals surface area contributed by atoms with E-state index in [2.05, 4.69) is 5.32 Å². The molecular weight excluding hydrogens is 358 g/mol. The molecule has 2 aromatic rings. The minimum atomic E-state index is -0.612. The predicted molar refractivity (Wildman–Crippen MR) is 107 cm³/mol. The molecule has 6 nitrogen and oxygen atoms in total. The van der Waals surface area contributed by atoms with E-state index in [9.17, 15) is 14.4 Å². The summed E-state index contributed by atoms with van der Waals surface area (Å²) < 4.78 is 10.6. The second-order valence-corrected chi connectivity index (χ2v) is 6.83. The normalized spacial score (nSPS) is 10.5. The molecule has 0 bridgehead atoms. The van der Waals surface area contributed by atoms with E-state index in [-0.39, 0.29) is 30.8 Å². The van der Waals surface area contributed by atoms with Crippen molar-refractivity contribution in [3.63, 3.8) is 0 Å². The number of nitrogens with one attached hydrogen (secondary N) is 1. The van der Waals surface area contributed by atoms with Crippen LogP contribution in [0.3, 0.4) is 0 Å². The van der Waals surface area contributed by atoms with Crippen molar-refractivity contribution in [3.8, 4) is 5.75 Å². The number of Topliss-reactive ketones (excluding diaryl/α,β-unsaturated/α-hetero) is 1. The third-order valence-electron chi connectivity index (χ3n) is 4.03. The maximum Gasteiger partial charge on any atom is 0.344 e. The van der Waals surface area contributed by atoms with Gasteiger partial charge in [0, 0.05) is 18.2 Å². The first kappa shape index (κ1) is 21.2. The molecule has 0 aliphatic rings. The van der Waals surface area contributed by atoms with E-state index < -0.39 is 5.97 Å². The van der Waals surface area contributed by atoms with Gasteiger partial charge in [-0.05, 0) is 54.3 Å². The molecule has 6 heteroatoms. The van der Waals surface area contributed by atoms with Gasteiger partial charge in [-0.15, -0.1) is 0 Å². The lowest BCUT2D eigenvalue weighted by Gasteiger charge is -2.14. The highest BCUT2D eigenvalue weighted by atomic mass is 16.6. The van der Waals surface area contributed by atoms with Gasteiger partial charge < -0.3 is 14.8 Å². The van der Waals surface area contributed by atoms with Crippen LogP contribution in [0.1, 0.15) is 48.2 Å². The summed E-state index contributed by atoms with van der Waals surface area (Å²) in [5, 5.41) is 2.62. The topological polar surface area (TPSA) is 81.7 Å². The van der Waals surface area contributed by atoms with Gasteiger partial charge in [-0.25, -0.2) is 4.79 Å². The fourth-order valence-corrected chi connectivity index (χ4v) is 2.59. The first-order chi connectivity index (χ1) is 13.3. The first-order valence-electron chi connectivity index (χ1n) is 9.06. The molecule has 0 saturated carbocycles. The lowest BCUT2D eigenvalue weighted by atomic mass is 10.0. The highest BCUT2D eigenvalue weighted by Crippen LogP contribution is 2.27. The van der Waals surface area contributed by atoms with Gasteiger partial charge in [-0.2, -0.15) is 0 Å². The molecular formula is C22H25NO5. The quantitative estimate of drug-likeness (QED) is 0.553. The summed E-state index contributed by atoms with van der Waals surface area (Å²) in [5.41, 5.74) is 3.02. The lowest BCUT2D eigenvalue weighted by molar-refractivity contribution is -0.144. The fourth-order valence-electron chi connectivity index (χ4n) is 2.59. The number of aryl methyl sites for hydroxylation is 1. The predicted octanol–water partition coefficient (Wildman–Crippen LogP) is 3.88. The number of carbonyl (C=O) groups excluding carboxylic acids is 3. The van der Waals surface area contributed by atoms with Crippen molar-refractivity contribution in [2.24, 2.45) is 0 Å². The molecule has 2 rings (SSSR count). The van der Waals surface area contributed by atoms with Gasteiger partial charge in [-0.1, -0.05) is 26.0 Å². The summed E-state index contributed by atoms with van der Waals surface area (Å²) in [6.45, 7) is 6.81. The Morgan fingerprint density at radius 2 is 1.68 bits per heavy atom. The SMILES string of the molecule is CC(=O)Nc1ccc(C(=O)COC(=O)COc2cc(C)ccc2C(C)C)cc1. The zero-order chi connectivity index (χ0) is 20.7. The number of rotatable bonds is 8. The molecule has 0 aliphatic heterocycles. The van der Waals surface area contributed by atoms with Crippen LogP contribution < -0.4 is 10.1 Å². The molecule has 1 N–H and O–H groups in total. The number of anilines is 1. The summed E-state index contributed by atoms with van der Waals surface area (Å²) >= 11 is 0. The molecule has 0 heterocycles. The fraction of sp³-hybridized carbons (Fsp3) is 0.318. The Kier molecular flexibility index (Phi) is 7.32. The average molecular weight is 383 g/mol. The van der Waals surface area contributed by atoms with Gasteiger partial charge in [0.05, 0.1) is 0 Å². The lowest BCUT2D eigenvalue weighted by Crippen LogP contribution is -2.20. The Balaban J connectivity index is 1.86. The molecule has 0 atom stereocenters. The van der Waals surface area contributed by atoms with E-state index in [0.29, 0.717) is 17.0 Å². The Labute approximate surface area is 164 Å². The van der Waals surface area contributed by atoms with E-state index in [1.165, 1.54) is 6.92 Å². The van der Waals surface area contributed by atoms with Crippen LogP contribution >= 0.6 is 0 Å². The van der Waals surface area contributed by atoms with Gasteiger partial charge in [0.2, 0.25) is 5.91 Å². The zero-order valence-electron chi connectivity index (χ0n) is 16.6. The maximum atomic E-state index is 12.1. The minimum absolute atomic E-state index is 0.192. The van der Waals surface area contributed by atoms with E-state index in [1.807, 2.05) is 39.0 Å². The van der Waals surface area contributed by atoms with E-state index in [4.69, 9.17) is 9.47 Å². The molecule has 28 heavy (non-hydrogen) atoms. The van der Waals surface area contributed by atoms with Gasteiger partial charge in [0.25, 0.3) is 0 Å². The maximum absolute atomic E-state index is 12.1. The number of ether oxygens (including phenoxy) is 2. The Morgan fingerprint density at radius 3 is 2.29 bits per heavy atom. The van der Waals surface area contributed by atoms with Crippen molar-refractivity contribution >= 4 is 23.3 Å². The standard InChI is InChI=1S/C22H25NO5/c1-14(2)19-10-5-15(3)11-21(19)27-13-22(26)28-12-20(25)17-6-8-18(9-7-17)23-16(4)24/h5-11,14H,12-13H2,1-4H3,(H,23,24). The number of carbonyl (C=O) groups is 3. The van der Waals surface area contributed by atoms with Crippen molar-refractivity contribution in [2.45, 2.75) is 33.6 Å². The molecule has 0 saturated heterocycles. The molecule has 2 aromatic carbocycles. The van der Waals surface area contributed by atoms with Crippen LogP contribution in [0.5, 0.6) is 5.75 Å². The van der Waals surface area contributed by atoms with Crippen LogP contribution in [0, 0.1) is 6.92 Å². The molecule has 0 aromatic heterocycles. The number of hydrogen-bond acceptors (Lipinski definition) is 5. The summed E-state index contributed by atoms with van der Waals surface area (Å²) in [6.07, 6.45) is 0. The smallest absolute Gasteiger partial charge is 0.344 e. The largest absolute Gasteiger partial charge is 0.482 e. The van der Waals surface area contributed by atoms with Crippen molar-refractivity contribution in [2.75, 3.05) is 18.5 Å². The number of hydrogen-bond donors (Lipinski definition) is 1. The highest BCUT2D eigenvalue weighted by Gasteiger charge is 2.13. The van der Waals surface area contributed by atoms with E-state index >= 15 is 0 Å². The van der Waals surface area contributed by atoms with Crippen molar-refractivity contribution in [1.29, 1.82) is 0 Å². The summed E-state index contributed by atoms with van der Waals surface area (Å²) in [7, 11) is 0. The van der Waals surface area contributed by atoms with Crippen LogP contribution in [0.2, 0.25) is 0 Å². The third-order valence-corrected chi connectivity index (χ3v) is 4.03. The molecule has 0 unspecified atom stereocenters. The second kappa shape index (κ2) is 9.69. The summed E-state index contributed by atoms with van der Waals surface area (Å²) in [5.74, 6) is -0.233. The van der Waals surface area contributed by atoms with E-state index in [1.54, 1.807) is 24.3 Å². The van der Waals surface area contributed by atoms with Crippen LogP contribution in [0.25, 0.3) is 0 Å². The van der Waals surface area contributed by atoms with Gasteiger partial charge in [-0.3, -0.25) is 9.59 Å². The minimum Gasteiger partial charge on any atom is -0.482 e. The number of esters is 1. The summed E-state index contributed by atoms with van der Waals surface area (Å²) in [6, 6.07) is 12.2. The second-order valence-electron chi connectivity index (χ2n) is 6.83. The van der Waals surface area contributed by atoms with Crippen LogP contribution in [0.15, 0.2) is 42.5 Å². The van der Waals surface area contributed by atoms with Crippen molar-refractivity contribution < 1.29 is 23.9 Å².